The summed E-state index contributed by atoms with van der Waals surface area (Å²) in [5, 5.41) is 19.0. The van der Waals surface area contributed by atoms with Gasteiger partial charge in [-0.25, -0.2) is 0 Å². The molecule has 0 N–H and O–H groups in total. The van der Waals surface area contributed by atoms with Crippen molar-refractivity contribution in [3.05, 3.63) is 194 Å². The fourth-order valence-electron chi connectivity index (χ4n) is 10.7. The third kappa shape index (κ3) is 6.23. The fraction of sp³-hybridized carbons (Fsp3) is 0.100. The molecule has 0 unspecified atom stereocenters. The van der Waals surface area contributed by atoms with Gasteiger partial charge < -0.3 is 0 Å². The van der Waals surface area contributed by atoms with Gasteiger partial charge in [-0.1, -0.05) is 209 Å². The predicted molar refractivity (Wildman–Crippen MR) is 279 cm³/mol. The molecule has 0 aliphatic rings. The summed E-state index contributed by atoms with van der Waals surface area (Å²) in [7, 11) is -3.52. The van der Waals surface area contributed by atoms with Crippen LogP contribution in [-0.2, 0) is 0 Å². The van der Waals surface area contributed by atoms with Crippen molar-refractivity contribution < 1.29 is 0 Å². The Labute approximate surface area is 367 Å². The molecular weight excluding hydrogens is 777 g/mol. The number of hydrogen-bond donors (Lipinski definition) is 0. The summed E-state index contributed by atoms with van der Waals surface area (Å²) in [5.74, 6) is 0. The van der Waals surface area contributed by atoms with Crippen LogP contribution in [0.1, 0.15) is 0 Å². The zero-order valence-corrected chi connectivity index (χ0v) is 38.5. The monoisotopic (exact) mass is 826 g/mol. The van der Waals surface area contributed by atoms with Crippen molar-refractivity contribution in [3.63, 3.8) is 0 Å². The molecule has 0 radical (unpaired) electrons. The quantitative estimate of drug-likeness (QED) is 0.116. The summed E-state index contributed by atoms with van der Waals surface area (Å²) >= 11 is 0. The van der Waals surface area contributed by atoms with E-state index in [2.05, 4.69) is 233 Å². The molecule has 0 aliphatic carbocycles. The maximum Gasteiger partial charge on any atom is 0.0792 e. The van der Waals surface area contributed by atoms with Crippen molar-refractivity contribution in [2.24, 2.45) is 0 Å². The molecule has 298 valence electrons. The normalized spacial score (nSPS) is 12.4. The minimum atomic E-state index is -1.76. The van der Waals surface area contributed by atoms with E-state index >= 15 is 0 Å². The van der Waals surface area contributed by atoms with Gasteiger partial charge in [0.1, 0.15) is 0 Å². The van der Waals surface area contributed by atoms with Crippen molar-refractivity contribution in [2.45, 2.75) is 39.3 Å². The van der Waals surface area contributed by atoms with Crippen molar-refractivity contribution >= 4 is 91.2 Å². The highest BCUT2D eigenvalue weighted by molar-refractivity contribution is 6.93. The third-order valence-corrected chi connectivity index (χ3v) is 17.2. The molecular formula is C60H50Si2. The largest absolute Gasteiger partial charge is 0.0792 e. The van der Waals surface area contributed by atoms with Gasteiger partial charge in [0.2, 0.25) is 0 Å². The smallest absolute Gasteiger partial charge is 0.0656 e. The van der Waals surface area contributed by atoms with E-state index < -0.39 is 16.1 Å². The van der Waals surface area contributed by atoms with Crippen molar-refractivity contribution in [1.82, 2.24) is 0 Å². The highest BCUT2D eigenvalue weighted by Crippen LogP contribution is 2.44. The van der Waals surface area contributed by atoms with Crippen LogP contribution in [-0.4, -0.2) is 16.1 Å². The maximum absolute atomic E-state index is 2.50. The second-order valence-corrected chi connectivity index (χ2v) is 29.3. The summed E-state index contributed by atoms with van der Waals surface area (Å²) in [6.07, 6.45) is 0. The molecule has 11 aromatic carbocycles. The van der Waals surface area contributed by atoms with Crippen LogP contribution in [0.15, 0.2) is 194 Å². The molecule has 0 saturated heterocycles. The molecule has 11 rings (SSSR count). The average Bonchev–Trinajstić information content (AvgIpc) is 3.28. The fourth-order valence-corrected chi connectivity index (χ4v) is 14.8. The Morgan fingerprint density at radius 3 is 0.855 bits per heavy atom. The number of benzene rings is 11. The van der Waals surface area contributed by atoms with E-state index in [1.165, 1.54) is 109 Å². The van der Waals surface area contributed by atoms with Gasteiger partial charge in [-0.15, -0.1) is 0 Å². The van der Waals surface area contributed by atoms with Crippen LogP contribution in [0.2, 0.25) is 39.3 Å². The Morgan fingerprint density at radius 1 is 0.226 bits per heavy atom. The molecule has 0 nitrogen and oxygen atoms in total. The van der Waals surface area contributed by atoms with Crippen molar-refractivity contribution in [1.29, 1.82) is 0 Å². The lowest BCUT2D eigenvalue weighted by Crippen LogP contribution is -2.38. The van der Waals surface area contributed by atoms with Crippen LogP contribution >= 0.6 is 0 Å². The van der Waals surface area contributed by atoms with E-state index in [0.29, 0.717) is 0 Å². The first kappa shape index (κ1) is 38.3. The van der Waals surface area contributed by atoms with Gasteiger partial charge in [-0.05, 0) is 144 Å². The van der Waals surface area contributed by atoms with Gasteiger partial charge in [-0.3, -0.25) is 0 Å². The highest BCUT2D eigenvalue weighted by atomic mass is 28.3. The second-order valence-electron chi connectivity index (χ2n) is 19.3. The van der Waals surface area contributed by atoms with Crippen LogP contribution in [0, 0.1) is 0 Å². The first-order chi connectivity index (χ1) is 30.0. The predicted octanol–water partition coefficient (Wildman–Crippen LogP) is 16.4. The molecule has 0 fully saturated rings. The van der Waals surface area contributed by atoms with Gasteiger partial charge in [0.15, 0.2) is 0 Å². The highest BCUT2D eigenvalue weighted by Gasteiger charge is 2.27. The summed E-state index contributed by atoms with van der Waals surface area (Å²) in [6, 6.07) is 73.5. The Morgan fingerprint density at radius 2 is 0.500 bits per heavy atom. The molecule has 0 amide bonds. The Bertz CT molecular complexity index is 3260. The summed E-state index contributed by atoms with van der Waals surface area (Å²) in [5.41, 5.74) is 10.1. The molecule has 62 heavy (non-hydrogen) atoms. The van der Waals surface area contributed by atoms with E-state index in [4.69, 9.17) is 0 Å². The zero-order chi connectivity index (χ0) is 42.3. The maximum atomic E-state index is 2.50. The Balaban J connectivity index is 1.22. The van der Waals surface area contributed by atoms with Gasteiger partial charge in [0.25, 0.3) is 0 Å². The van der Waals surface area contributed by atoms with Crippen LogP contribution < -0.4 is 10.4 Å². The Hall–Kier alpha value is -6.59. The molecule has 0 bridgehead atoms. The first-order valence-electron chi connectivity index (χ1n) is 22.1. The van der Waals surface area contributed by atoms with Crippen LogP contribution in [0.5, 0.6) is 0 Å². The lowest BCUT2D eigenvalue weighted by Gasteiger charge is -2.26. The summed E-state index contributed by atoms with van der Waals surface area (Å²) in [4.78, 5) is 0. The Kier molecular flexibility index (Phi) is 8.98. The van der Waals surface area contributed by atoms with E-state index in [1.807, 2.05) is 0 Å². The number of fused-ring (bicyclic) bond motifs is 6. The molecule has 0 aliphatic heterocycles. The molecule has 0 aromatic heterocycles. The van der Waals surface area contributed by atoms with Gasteiger partial charge >= 0.3 is 0 Å². The zero-order valence-electron chi connectivity index (χ0n) is 36.5. The topological polar surface area (TPSA) is 0 Å². The molecule has 0 atom stereocenters. The van der Waals surface area contributed by atoms with E-state index in [0.717, 1.165) is 0 Å². The first-order valence-corrected chi connectivity index (χ1v) is 29.1. The summed E-state index contributed by atoms with van der Waals surface area (Å²) in [6.45, 7) is 14.9. The molecule has 0 saturated carbocycles. The van der Waals surface area contributed by atoms with Crippen LogP contribution in [0.3, 0.4) is 0 Å². The standard InChI is InChI=1S/C60H50Si2/c1-61(2,3)59-52-27-15-11-23-48(52)57(49-24-12-16-28-53(49)59)44-36-43(39-31-33-40(34-32-39)56-46-21-9-7-19-41(46)35-42-20-8-10-22-47(42)56)37-45(38-44)58-50-25-13-17-29-54(50)60(62(4,5)6)55-30-18-14-26-51(55)58/h7-38H,1-6H3. The molecule has 11 aromatic rings. The molecule has 2 heteroatoms. The summed E-state index contributed by atoms with van der Waals surface area (Å²) < 4.78 is 0. The minimum Gasteiger partial charge on any atom is -0.0656 e. The van der Waals surface area contributed by atoms with Gasteiger partial charge in [0.05, 0.1) is 16.1 Å². The van der Waals surface area contributed by atoms with Gasteiger partial charge in [0, 0.05) is 0 Å². The lowest BCUT2D eigenvalue weighted by atomic mass is 9.85. The SMILES string of the molecule is C[Si](C)(C)c1c2ccccc2c(-c2cc(-c3ccc(-c4c5ccccc5cc5ccccc45)cc3)cc(-c3c4ccccc4c([Si](C)(C)C)c4ccccc34)c2)c2ccccc12. The van der Waals surface area contributed by atoms with E-state index in [1.54, 1.807) is 10.4 Å². The minimum absolute atomic E-state index is 1.21. The number of rotatable bonds is 6. The van der Waals surface area contributed by atoms with Crippen LogP contribution in [0.25, 0.3) is 109 Å². The van der Waals surface area contributed by atoms with Crippen molar-refractivity contribution in [3.8, 4) is 44.5 Å². The van der Waals surface area contributed by atoms with E-state index in [9.17, 15) is 0 Å². The number of hydrogen-bond acceptors (Lipinski definition) is 0. The van der Waals surface area contributed by atoms with Crippen LogP contribution in [0.4, 0.5) is 0 Å². The van der Waals surface area contributed by atoms with E-state index in [-0.39, 0.29) is 0 Å². The third-order valence-electron chi connectivity index (χ3n) is 13.2. The van der Waals surface area contributed by atoms with Crippen molar-refractivity contribution in [2.75, 3.05) is 0 Å². The second kappa shape index (κ2) is 14.5. The lowest BCUT2D eigenvalue weighted by molar-refractivity contribution is 1.60. The average molecular weight is 827 g/mol. The molecule has 0 spiro atoms. The van der Waals surface area contributed by atoms with Gasteiger partial charge in [-0.2, -0.15) is 0 Å². The molecule has 0 heterocycles.